The Kier molecular flexibility index (Phi) is 4.32. The van der Waals surface area contributed by atoms with Crippen molar-refractivity contribution in [2.75, 3.05) is 7.11 Å². The molecule has 5 heteroatoms. The van der Waals surface area contributed by atoms with E-state index >= 15 is 0 Å². The Morgan fingerprint density at radius 2 is 1.79 bits per heavy atom. The molecule has 0 aliphatic carbocycles. The van der Waals surface area contributed by atoms with Crippen molar-refractivity contribution in [3.63, 3.8) is 0 Å². The van der Waals surface area contributed by atoms with Crippen molar-refractivity contribution in [3.8, 4) is 22.7 Å². The summed E-state index contributed by atoms with van der Waals surface area (Å²) in [7, 11) is 1.59. The first kappa shape index (κ1) is 16.1. The van der Waals surface area contributed by atoms with Gasteiger partial charge in [0.25, 0.3) is 0 Å². The number of aromatic nitrogens is 1. The minimum atomic E-state index is -0.962. The number of hydrogen-bond acceptors (Lipinski definition) is 2. The van der Waals surface area contributed by atoms with E-state index in [1.54, 1.807) is 32.2 Å². The molecular formula is C19H16ClNO3. The van der Waals surface area contributed by atoms with Crippen molar-refractivity contribution in [2.45, 2.75) is 6.92 Å². The highest BCUT2D eigenvalue weighted by Gasteiger charge is 2.20. The summed E-state index contributed by atoms with van der Waals surface area (Å²) in [6, 6.07) is 16.5. The fourth-order valence-electron chi connectivity index (χ4n) is 2.78. The molecule has 0 amide bonds. The predicted molar refractivity (Wildman–Crippen MR) is 94.5 cm³/mol. The van der Waals surface area contributed by atoms with Crippen LogP contribution in [-0.2, 0) is 0 Å². The molecule has 0 spiro atoms. The summed E-state index contributed by atoms with van der Waals surface area (Å²) < 4.78 is 7.34. The van der Waals surface area contributed by atoms with Crippen LogP contribution >= 0.6 is 11.6 Å². The SMILES string of the molecule is COc1ccccc1-n1c(-c2ccc(Cl)cc2)cc(C(=O)O)c1C. The smallest absolute Gasteiger partial charge is 0.337 e. The lowest BCUT2D eigenvalue weighted by Crippen LogP contribution is -2.04. The number of carboxylic acids is 1. The van der Waals surface area contributed by atoms with E-state index in [1.807, 2.05) is 41.0 Å². The van der Waals surface area contributed by atoms with Crippen LogP contribution in [0.25, 0.3) is 16.9 Å². The average Bonchev–Trinajstić information content (AvgIpc) is 2.93. The second-order valence-corrected chi connectivity index (χ2v) is 5.78. The molecule has 2 aromatic carbocycles. The number of hydrogen-bond donors (Lipinski definition) is 1. The number of benzene rings is 2. The Bertz CT molecular complexity index is 897. The fraction of sp³-hybridized carbons (Fsp3) is 0.105. The van der Waals surface area contributed by atoms with Crippen LogP contribution in [0.3, 0.4) is 0 Å². The van der Waals surface area contributed by atoms with Gasteiger partial charge in [0, 0.05) is 10.7 Å². The molecule has 0 aliphatic heterocycles. The van der Waals surface area contributed by atoms with Crippen LogP contribution in [0.4, 0.5) is 0 Å². The Labute approximate surface area is 144 Å². The van der Waals surface area contributed by atoms with E-state index < -0.39 is 5.97 Å². The third kappa shape index (κ3) is 2.76. The zero-order chi connectivity index (χ0) is 17.3. The summed E-state index contributed by atoms with van der Waals surface area (Å²) in [6.45, 7) is 1.79. The maximum absolute atomic E-state index is 11.6. The standard InChI is InChI=1S/C19H16ClNO3/c1-12-15(19(22)23)11-17(13-7-9-14(20)10-8-13)21(12)16-5-3-4-6-18(16)24-2/h3-11H,1-2H3,(H,22,23). The van der Waals surface area contributed by atoms with Crippen molar-refractivity contribution in [3.05, 3.63) is 70.9 Å². The zero-order valence-electron chi connectivity index (χ0n) is 13.3. The first-order chi connectivity index (χ1) is 11.5. The molecule has 0 atom stereocenters. The first-order valence-electron chi connectivity index (χ1n) is 7.38. The summed E-state index contributed by atoms with van der Waals surface area (Å²) in [5.74, 6) is -0.292. The fourth-order valence-corrected chi connectivity index (χ4v) is 2.91. The second kappa shape index (κ2) is 6.42. The molecule has 122 valence electrons. The first-order valence-corrected chi connectivity index (χ1v) is 7.75. The highest BCUT2D eigenvalue weighted by atomic mass is 35.5. The third-order valence-corrected chi connectivity index (χ3v) is 4.20. The molecule has 0 saturated heterocycles. The quantitative estimate of drug-likeness (QED) is 0.740. The molecule has 0 radical (unpaired) electrons. The van der Waals surface area contributed by atoms with Gasteiger partial charge in [0.2, 0.25) is 0 Å². The molecule has 0 aliphatic rings. The number of carbonyl (C=O) groups is 1. The molecule has 3 rings (SSSR count). The summed E-state index contributed by atoms with van der Waals surface area (Å²) in [6.07, 6.45) is 0. The van der Waals surface area contributed by atoms with E-state index in [0.717, 1.165) is 16.9 Å². The number of rotatable bonds is 4. The van der Waals surface area contributed by atoms with Crippen LogP contribution in [0.1, 0.15) is 16.1 Å². The number of halogens is 1. The highest BCUT2D eigenvalue weighted by Crippen LogP contribution is 2.33. The molecule has 1 heterocycles. The van der Waals surface area contributed by atoms with Gasteiger partial charge in [0.15, 0.2) is 0 Å². The predicted octanol–water partition coefficient (Wildman–Crippen LogP) is 4.81. The maximum Gasteiger partial charge on any atom is 0.337 e. The van der Waals surface area contributed by atoms with Crippen molar-refractivity contribution >= 4 is 17.6 Å². The number of methoxy groups -OCH3 is 1. The van der Waals surface area contributed by atoms with Crippen LogP contribution in [0.15, 0.2) is 54.6 Å². The van der Waals surface area contributed by atoms with Crippen LogP contribution in [0.5, 0.6) is 5.75 Å². The minimum absolute atomic E-state index is 0.255. The third-order valence-electron chi connectivity index (χ3n) is 3.94. The number of aromatic carboxylic acids is 1. The Hall–Kier alpha value is -2.72. The zero-order valence-corrected chi connectivity index (χ0v) is 14.0. The van der Waals surface area contributed by atoms with Gasteiger partial charge in [0.05, 0.1) is 24.1 Å². The largest absolute Gasteiger partial charge is 0.495 e. The van der Waals surface area contributed by atoms with E-state index in [2.05, 4.69) is 0 Å². The minimum Gasteiger partial charge on any atom is -0.495 e. The van der Waals surface area contributed by atoms with E-state index in [0.29, 0.717) is 16.5 Å². The number of ether oxygens (including phenoxy) is 1. The normalized spacial score (nSPS) is 10.6. The van der Waals surface area contributed by atoms with Gasteiger partial charge < -0.3 is 14.4 Å². The van der Waals surface area contributed by atoms with E-state index in [-0.39, 0.29) is 5.56 Å². The average molecular weight is 342 g/mol. The topological polar surface area (TPSA) is 51.5 Å². The molecule has 0 bridgehead atoms. The second-order valence-electron chi connectivity index (χ2n) is 5.35. The van der Waals surface area contributed by atoms with Gasteiger partial charge in [-0.3, -0.25) is 0 Å². The van der Waals surface area contributed by atoms with E-state index in [1.165, 1.54) is 0 Å². The highest BCUT2D eigenvalue weighted by molar-refractivity contribution is 6.30. The molecule has 0 unspecified atom stereocenters. The van der Waals surface area contributed by atoms with Crippen molar-refractivity contribution < 1.29 is 14.6 Å². The van der Waals surface area contributed by atoms with Gasteiger partial charge >= 0.3 is 5.97 Å². The Balaban J connectivity index is 2.31. The molecule has 1 aromatic heterocycles. The van der Waals surface area contributed by atoms with E-state index in [4.69, 9.17) is 16.3 Å². The van der Waals surface area contributed by atoms with Gasteiger partial charge in [-0.1, -0.05) is 35.9 Å². The van der Waals surface area contributed by atoms with Crippen LogP contribution in [0.2, 0.25) is 5.02 Å². The molecule has 4 nitrogen and oxygen atoms in total. The van der Waals surface area contributed by atoms with Crippen LogP contribution in [-0.4, -0.2) is 22.8 Å². The van der Waals surface area contributed by atoms with Crippen molar-refractivity contribution in [1.82, 2.24) is 4.57 Å². The van der Waals surface area contributed by atoms with Crippen molar-refractivity contribution in [2.24, 2.45) is 0 Å². The Morgan fingerprint density at radius 3 is 2.42 bits per heavy atom. The summed E-state index contributed by atoms with van der Waals surface area (Å²) in [5, 5.41) is 10.1. The monoisotopic (exact) mass is 341 g/mol. The van der Waals surface area contributed by atoms with Crippen LogP contribution in [0, 0.1) is 6.92 Å². The molecule has 0 fully saturated rings. The van der Waals surface area contributed by atoms with Gasteiger partial charge in [-0.25, -0.2) is 4.79 Å². The van der Waals surface area contributed by atoms with Gasteiger partial charge in [-0.2, -0.15) is 0 Å². The molecule has 1 N–H and O–H groups in total. The van der Waals surface area contributed by atoms with Crippen molar-refractivity contribution in [1.29, 1.82) is 0 Å². The number of nitrogens with zero attached hydrogens (tertiary/aromatic N) is 1. The Morgan fingerprint density at radius 1 is 1.12 bits per heavy atom. The molecule has 3 aromatic rings. The number of carboxylic acid groups (broad SMARTS) is 1. The molecular weight excluding hydrogens is 326 g/mol. The van der Waals surface area contributed by atoms with Crippen LogP contribution < -0.4 is 4.74 Å². The van der Waals surface area contributed by atoms with Gasteiger partial charge in [-0.05, 0) is 42.8 Å². The summed E-state index contributed by atoms with van der Waals surface area (Å²) >= 11 is 5.97. The summed E-state index contributed by atoms with van der Waals surface area (Å²) in [5.41, 5.74) is 3.32. The lowest BCUT2D eigenvalue weighted by Gasteiger charge is -2.15. The number of para-hydroxylation sites is 2. The molecule has 24 heavy (non-hydrogen) atoms. The van der Waals surface area contributed by atoms with Gasteiger partial charge in [-0.15, -0.1) is 0 Å². The van der Waals surface area contributed by atoms with E-state index in [9.17, 15) is 9.90 Å². The maximum atomic E-state index is 11.6. The van der Waals surface area contributed by atoms with Gasteiger partial charge in [0.1, 0.15) is 5.75 Å². The summed E-state index contributed by atoms with van der Waals surface area (Å²) in [4.78, 5) is 11.6. The molecule has 0 saturated carbocycles. The lowest BCUT2D eigenvalue weighted by molar-refractivity contribution is 0.0696. The lowest BCUT2D eigenvalue weighted by atomic mass is 10.1.